The number of hydrogen-bond donors (Lipinski definition) is 0. The van der Waals surface area contributed by atoms with Gasteiger partial charge in [0.2, 0.25) is 0 Å². The third kappa shape index (κ3) is 5.25. The first-order chi connectivity index (χ1) is 15.4. The van der Waals surface area contributed by atoms with Crippen molar-refractivity contribution in [2.75, 3.05) is 31.1 Å². The first kappa shape index (κ1) is 22.6. The molecule has 1 fully saturated rings. The van der Waals surface area contributed by atoms with Gasteiger partial charge in [0.15, 0.2) is 5.76 Å². The Morgan fingerprint density at radius 1 is 0.969 bits per heavy atom. The summed E-state index contributed by atoms with van der Waals surface area (Å²) in [7, 11) is -1.13. The average molecular weight is 471 g/mol. The van der Waals surface area contributed by atoms with Crippen molar-refractivity contribution in [3.05, 3.63) is 87.8 Å². The monoisotopic (exact) mass is 470 g/mol. The van der Waals surface area contributed by atoms with Crippen molar-refractivity contribution in [2.45, 2.75) is 25.4 Å². The third-order valence-corrected chi connectivity index (χ3v) is 7.41. The Morgan fingerprint density at radius 3 is 2.41 bits per heavy atom. The lowest BCUT2D eigenvalue weighted by Crippen LogP contribution is -2.49. The molecule has 0 N–H and O–H groups in total. The average Bonchev–Trinajstić information content (AvgIpc) is 3.25. The van der Waals surface area contributed by atoms with Crippen LogP contribution in [-0.2, 0) is 22.3 Å². The molecule has 32 heavy (non-hydrogen) atoms. The van der Waals surface area contributed by atoms with Gasteiger partial charge >= 0.3 is 0 Å². The maximum atomic E-state index is 12.9. The Balaban J connectivity index is 1.32. The van der Waals surface area contributed by atoms with E-state index in [0.29, 0.717) is 35.4 Å². The van der Waals surface area contributed by atoms with Crippen LogP contribution in [0.5, 0.6) is 0 Å². The first-order valence-electron chi connectivity index (χ1n) is 10.7. The van der Waals surface area contributed by atoms with Crippen molar-refractivity contribution in [2.24, 2.45) is 0 Å². The van der Waals surface area contributed by atoms with Gasteiger partial charge in [0.1, 0.15) is 5.76 Å². The molecule has 2 aromatic carbocycles. The second-order valence-corrected chi connectivity index (χ2v) is 10.0. The molecule has 5 nitrogen and oxygen atoms in total. The van der Waals surface area contributed by atoms with Gasteiger partial charge in [-0.05, 0) is 60.9 Å². The normalized spacial score (nSPS) is 15.1. The predicted octanol–water partition coefficient (Wildman–Crippen LogP) is 4.96. The number of nitrogens with zero attached hydrogens (tertiary/aromatic N) is 2. The number of carbonyl (C=O) groups is 1. The Hall–Kier alpha value is -2.57. The summed E-state index contributed by atoms with van der Waals surface area (Å²) in [6, 6.07) is 17.1. The lowest BCUT2D eigenvalue weighted by atomic mass is 10.1. The molecule has 1 aliphatic heterocycles. The van der Waals surface area contributed by atoms with Gasteiger partial charge in [-0.3, -0.25) is 9.00 Å². The zero-order valence-corrected chi connectivity index (χ0v) is 19.9. The molecule has 7 heteroatoms. The summed E-state index contributed by atoms with van der Waals surface area (Å²) in [5, 5.41) is 0.656. The van der Waals surface area contributed by atoms with Crippen LogP contribution in [0.3, 0.4) is 0 Å². The van der Waals surface area contributed by atoms with Crippen LogP contribution in [0.4, 0.5) is 5.69 Å². The van der Waals surface area contributed by atoms with E-state index in [-0.39, 0.29) is 11.7 Å². The number of amides is 1. The van der Waals surface area contributed by atoms with Gasteiger partial charge in [0.25, 0.3) is 5.91 Å². The summed E-state index contributed by atoms with van der Waals surface area (Å²) in [4.78, 5) is 17.1. The maximum absolute atomic E-state index is 12.9. The molecule has 0 saturated carbocycles. The first-order valence-corrected chi connectivity index (χ1v) is 12.6. The van der Waals surface area contributed by atoms with E-state index < -0.39 is 10.8 Å². The number of halogens is 1. The molecule has 1 aliphatic rings. The number of aryl methyl sites for hydroxylation is 1. The van der Waals surface area contributed by atoms with Crippen molar-refractivity contribution < 1.29 is 13.4 Å². The molecule has 0 radical (unpaired) electrons. The van der Waals surface area contributed by atoms with Crippen molar-refractivity contribution in [3.8, 4) is 0 Å². The Bertz CT molecular complexity index is 1120. The van der Waals surface area contributed by atoms with Crippen LogP contribution in [0.1, 0.15) is 33.0 Å². The Kier molecular flexibility index (Phi) is 7.01. The van der Waals surface area contributed by atoms with Gasteiger partial charge in [0.05, 0.1) is 5.75 Å². The molecule has 4 rings (SSSR count). The molecule has 1 atom stereocenters. The quantitative estimate of drug-likeness (QED) is 0.511. The summed E-state index contributed by atoms with van der Waals surface area (Å²) in [6.07, 6.45) is 0. The van der Waals surface area contributed by atoms with Gasteiger partial charge in [-0.1, -0.05) is 35.9 Å². The van der Waals surface area contributed by atoms with Crippen LogP contribution in [-0.4, -0.2) is 41.2 Å². The molecule has 1 amide bonds. The molecule has 0 spiro atoms. The topological polar surface area (TPSA) is 53.8 Å². The lowest BCUT2D eigenvalue weighted by Gasteiger charge is -2.36. The standard InChI is InChI=1S/C25H27ClN2O3S/c1-18-4-3-5-23(19(18)2)27-12-14-28(15-13-27)25(29)24-11-10-22(31-24)17-32(30)16-20-6-8-21(26)9-7-20/h3-11H,12-17H2,1-2H3/t32-/m0/s1. The SMILES string of the molecule is Cc1cccc(N2CCN(C(=O)c3ccc(C[S@@](=O)Cc4ccc(Cl)cc4)o3)CC2)c1C. The predicted molar refractivity (Wildman–Crippen MR) is 130 cm³/mol. The number of benzene rings is 2. The fourth-order valence-corrected chi connectivity index (χ4v) is 5.20. The zero-order valence-electron chi connectivity index (χ0n) is 18.3. The largest absolute Gasteiger partial charge is 0.455 e. The molecule has 1 aromatic heterocycles. The third-order valence-electron chi connectivity index (χ3n) is 5.90. The van der Waals surface area contributed by atoms with Crippen LogP contribution < -0.4 is 4.90 Å². The number of hydrogen-bond acceptors (Lipinski definition) is 4. The second-order valence-electron chi connectivity index (χ2n) is 8.12. The number of piperazine rings is 1. The van der Waals surface area contributed by atoms with Crippen molar-refractivity contribution >= 4 is 34.0 Å². The second kappa shape index (κ2) is 9.92. The van der Waals surface area contributed by atoms with Gasteiger partial charge in [-0.15, -0.1) is 0 Å². The van der Waals surface area contributed by atoms with Crippen LogP contribution in [0, 0.1) is 13.8 Å². The fourth-order valence-electron chi connectivity index (χ4n) is 3.93. The zero-order chi connectivity index (χ0) is 22.7. The molecule has 1 saturated heterocycles. The van der Waals surface area contributed by atoms with E-state index in [1.807, 2.05) is 17.0 Å². The highest BCUT2D eigenvalue weighted by Crippen LogP contribution is 2.24. The van der Waals surface area contributed by atoms with Crippen LogP contribution in [0.15, 0.2) is 59.0 Å². The minimum Gasteiger partial charge on any atom is -0.455 e. The fraction of sp³-hybridized carbons (Fsp3) is 0.320. The maximum Gasteiger partial charge on any atom is 0.289 e. The highest BCUT2D eigenvalue weighted by atomic mass is 35.5. The summed E-state index contributed by atoms with van der Waals surface area (Å²) >= 11 is 5.90. The van der Waals surface area contributed by atoms with E-state index in [1.165, 1.54) is 16.8 Å². The summed E-state index contributed by atoms with van der Waals surface area (Å²) in [6.45, 7) is 7.12. The van der Waals surface area contributed by atoms with E-state index >= 15 is 0 Å². The Labute approximate surface area is 196 Å². The minimum absolute atomic E-state index is 0.111. The van der Waals surface area contributed by atoms with E-state index in [2.05, 4.69) is 36.9 Å². The van der Waals surface area contributed by atoms with Gasteiger partial charge in [0, 0.05) is 53.4 Å². The Morgan fingerprint density at radius 2 is 1.69 bits per heavy atom. The van der Waals surface area contributed by atoms with Gasteiger partial charge in [-0.25, -0.2) is 0 Å². The molecule has 0 bridgehead atoms. The number of anilines is 1. The number of rotatable bonds is 6. The van der Waals surface area contributed by atoms with Crippen LogP contribution in [0.2, 0.25) is 5.02 Å². The number of carbonyl (C=O) groups excluding carboxylic acids is 1. The number of furan rings is 1. The summed E-state index contributed by atoms with van der Waals surface area (Å²) < 4.78 is 18.2. The molecular formula is C25H27ClN2O3S. The van der Waals surface area contributed by atoms with E-state index in [0.717, 1.165) is 18.7 Å². The van der Waals surface area contributed by atoms with E-state index in [9.17, 15) is 9.00 Å². The van der Waals surface area contributed by atoms with Gasteiger partial charge in [-0.2, -0.15) is 0 Å². The smallest absolute Gasteiger partial charge is 0.289 e. The molecule has 0 aliphatic carbocycles. The summed E-state index contributed by atoms with van der Waals surface area (Å²) in [5.41, 5.74) is 4.75. The lowest BCUT2D eigenvalue weighted by molar-refractivity contribution is 0.0713. The highest BCUT2D eigenvalue weighted by Gasteiger charge is 2.25. The van der Waals surface area contributed by atoms with E-state index in [4.69, 9.17) is 16.0 Å². The van der Waals surface area contributed by atoms with E-state index in [1.54, 1.807) is 24.3 Å². The molecule has 3 aromatic rings. The molecule has 2 heterocycles. The van der Waals surface area contributed by atoms with Gasteiger partial charge < -0.3 is 14.2 Å². The molecular weight excluding hydrogens is 444 g/mol. The van der Waals surface area contributed by atoms with Crippen molar-refractivity contribution in [3.63, 3.8) is 0 Å². The minimum atomic E-state index is -1.13. The van der Waals surface area contributed by atoms with Crippen molar-refractivity contribution in [1.29, 1.82) is 0 Å². The molecule has 0 unspecified atom stereocenters. The van der Waals surface area contributed by atoms with Crippen LogP contribution >= 0.6 is 11.6 Å². The van der Waals surface area contributed by atoms with Crippen molar-refractivity contribution in [1.82, 2.24) is 4.90 Å². The van der Waals surface area contributed by atoms with Crippen LogP contribution in [0.25, 0.3) is 0 Å². The molecule has 168 valence electrons. The summed E-state index contributed by atoms with van der Waals surface area (Å²) in [5.74, 6) is 1.45. The highest BCUT2D eigenvalue weighted by molar-refractivity contribution is 7.83.